The molecule has 1 aromatic carbocycles. The predicted octanol–water partition coefficient (Wildman–Crippen LogP) is 2.98. The van der Waals surface area contributed by atoms with E-state index < -0.39 is 20.8 Å². The maximum absolute atomic E-state index is 13.8. The number of halogens is 2. The summed E-state index contributed by atoms with van der Waals surface area (Å²) in [4.78, 5) is 11.7. The minimum atomic E-state index is -4.01. The van der Waals surface area contributed by atoms with Crippen LogP contribution < -0.4 is 5.32 Å². The number of hydrogen-bond acceptors (Lipinski definition) is 3. The molecule has 4 nitrogen and oxygen atoms in total. The quantitative estimate of drug-likeness (QED) is 0.643. The predicted molar refractivity (Wildman–Crippen MR) is 78.5 cm³/mol. The largest absolute Gasteiger partial charge is 0.352 e. The van der Waals surface area contributed by atoms with Gasteiger partial charge in [0.1, 0.15) is 5.82 Å². The molecule has 1 aliphatic carbocycles. The van der Waals surface area contributed by atoms with Gasteiger partial charge in [-0.3, -0.25) is 4.79 Å². The van der Waals surface area contributed by atoms with E-state index in [0.717, 1.165) is 30.9 Å². The lowest BCUT2D eigenvalue weighted by Crippen LogP contribution is -2.25. The van der Waals surface area contributed by atoms with Crippen LogP contribution in [0.2, 0.25) is 0 Å². The third kappa shape index (κ3) is 4.41. The molecule has 116 valence electrons. The Bertz CT molecular complexity index is 656. The van der Waals surface area contributed by atoms with E-state index in [0.29, 0.717) is 6.54 Å². The molecule has 0 saturated heterocycles. The van der Waals surface area contributed by atoms with E-state index in [1.54, 1.807) is 0 Å². The molecule has 1 fully saturated rings. The number of hydrogen-bond donors (Lipinski definition) is 1. The highest BCUT2D eigenvalue weighted by Crippen LogP contribution is 2.33. The Morgan fingerprint density at radius 1 is 1.43 bits per heavy atom. The van der Waals surface area contributed by atoms with Crippen molar-refractivity contribution in [1.82, 2.24) is 5.32 Å². The van der Waals surface area contributed by atoms with Gasteiger partial charge in [0.15, 0.2) is 0 Å². The van der Waals surface area contributed by atoms with Crippen LogP contribution in [0.1, 0.15) is 41.6 Å². The summed E-state index contributed by atoms with van der Waals surface area (Å²) in [5.74, 6) is -0.605. The van der Waals surface area contributed by atoms with Crippen molar-refractivity contribution in [3.8, 4) is 0 Å². The summed E-state index contributed by atoms with van der Waals surface area (Å²) < 4.78 is 36.6. The number of nitrogens with one attached hydrogen (secondary N) is 1. The second-order valence-corrected chi connectivity index (χ2v) is 7.91. The van der Waals surface area contributed by atoms with Crippen molar-refractivity contribution in [3.63, 3.8) is 0 Å². The highest BCUT2D eigenvalue weighted by atomic mass is 35.7. The first kappa shape index (κ1) is 16.2. The van der Waals surface area contributed by atoms with Gasteiger partial charge in [-0.2, -0.15) is 0 Å². The van der Waals surface area contributed by atoms with Gasteiger partial charge in [0, 0.05) is 17.2 Å². The number of carbonyl (C=O) groups excluding carboxylic acids is 1. The molecule has 0 spiro atoms. The van der Waals surface area contributed by atoms with Crippen molar-refractivity contribution in [2.45, 2.75) is 37.5 Å². The van der Waals surface area contributed by atoms with Crippen molar-refractivity contribution in [2.24, 2.45) is 5.92 Å². The van der Waals surface area contributed by atoms with Crippen LogP contribution in [0.15, 0.2) is 17.0 Å². The summed E-state index contributed by atoms with van der Waals surface area (Å²) in [5, 5.41) is 2.60. The maximum atomic E-state index is 13.8. The minimum absolute atomic E-state index is 0.174. The van der Waals surface area contributed by atoms with Crippen LogP contribution in [0.25, 0.3) is 0 Å². The number of rotatable bonds is 6. The summed E-state index contributed by atoms with van der Waals surface area (Å²) in [6.45, 7) is 1.88. The molecule has 0 radical (unpaired) electrons. The Balaban J connectivity index is 2.08. The third-order valence-corrected chi connectivity index (χ3v) is 5.01. The van der Waals surface area contributed by atoms with Crippen LogP contribution in [-0.4, -0.2) is 20.9 Å². The summed E-state index contributed by atoms with van der Waals surface area (Å²) in [5.41, 5.74) is -0.126. The summed E-state index contributed by atoms with van der Waals surface area (Å²) >= 11 is 0. The molecule has 1 N–H and O–H groups in total. The highest BCUT2D eigenvalue weighted by Gasteiger charge is 2.22. The Labute approximate surface area is 128 Å². The van der Waals surface area contributed by atoms with Crippen LogP contribution in [0.4, 0.5) is 4.39 Å². The number of carbonyl (C=O) groups is 1. The maximum Gasteiger partial charge on any atom is 0.261 e. The zero-order chi connectivity index (χ0) is 15.6. The first-order valence-electron chi connectivity index (χ1n) is 6.82. The molecule has 0 atom stereocenters. The van der Waals surface area contributed by atoms with E-state index >= 15 is 0 Å². The number of aryl methyl sites for hydroxylation is 1. The second-order valence-electron chi connectivity index (χ2n) is 5.38. The van der Waals surface area contributed by atoms with Crippen LogP contribution in [0.5, 0.6) is 0 Å². The lowest BCUT2D eigenvalue weighted by molar-refractivity contribution is 0.0948. The smallest absolute Gasteiger partial charge is 0.261 e. The fraction of sp³-hybridized carbons (Fsp3) is 0.500. The van der Waals surface area contributed by atoms with E-state index in [1.807, 2.05) is 0 Å². The van der Waals surface area contributed by atoms with Crippen LogP contribution in [0, 0.1) is 18.7 Å². The molecular weight excluding hydrogens is 317 g/mol. The lowest BCUT2D eigenvalue weighted by atomic mass is 10.1. The third-order valence-electron chi connectivity index (χ3n) is 3.54. The normalized spacial score (nSPS) is 15.0. The number of amides is 1. The standard InChI is InChI=1S/C14H17ClFNO3S/c1-9-7-12(16)11(8-13(9)21(15,19)20)14(18)17-6-2-3-10-4-5-10/h7-8,10H,2-6H2,1H3,(H,17,18). The van der Waals surface area contributed by atoms with Gasteiger partial charge >= 0.3 is 0 Å². The van der Waals surface area contributed by atoms with Gasteiger partial charge in [-0.15, -0.1) is 0 Å². The molecule has 7 heteroatoms. The monoisotopic (exact) mass is 333 g/mol. The lowest BCUT2D eigenvalue weighted by Gasteiger charge is -2.09. The number of benzene rings is 1. The fourth-order valence-corrected chi connectivity index (χ4v) is 3.38. The first-order valence-corrected chi connectivity index (χ1v) is 9.13. The van der Waals surface area contributed by atoms with Gasteiger partial charge in [-0.25, -0.2) is 12.8 Å². The minimum Gasteiger partial charge on any atom is -0.352 e. The SMILES string of the molecule is Cc1cc(F)c(C(=O)NCCCC2CC2)cc1S(=O)(=O)Cl. The van der Waals surface area contributed by atoms with E-state index in [-0.39, 0.29) is 16.0 Å². The van der Waals surface area contributed by atoms with E-state index in [2.05, 4.69) is 5.32 Å². The Morgan fingerprint density at radius 2 is 2.10 bits per heavy atom. The van der Waals surface area contributed by atoms with Crippen molar-refractivity contribution in [2.75, 3.05) is 6.54 Å². The Hall–Kier alpha value is -1.14. The second kappa shape index (κ2) is 6.32. The van der Waals surface area contributed by atoms with Crippen molar-refractivity contribution >= 4 is 25.6 Å². The molecule has 0 aromatic heterocycles. The molecular formula is C14H17ClFNO3S. The van der Waals surface area contributed by atoms with Gasteiger partial charge in [0.05, 0.1) is 10.5 Å². The van der Waals surface area contributed by atoms with Crippen molar-refractivity contribution in [1.29, 1.82) is 0 Å². The van der Waals surface area contributed by atoms with Gasteiger partial charge in [-0.1, -0.05) is 12.8 Å². The molecule has 1 saturated carbocycles. The average molecular weight is 334 g/mol. The molecule has 21 heavy (non-hydrogen) atoms. The Kier molecular flexibility index (Phi) is 4.88. The van der Waals surface area contributed by atoms with Crippen molar-refractivity contribution in [3.05, 3.63) is 29.1 Å². The Morgan fingerprint density at radius 3 is 2.67 bits per heavy atom. The van der Waals surface area contributed by atoms with Crippen LogP contribution >= 0.6 is 10.7 Å². The van der Waals surface area contributed by atoms with E-state index in [9.17, 15) is 17.6 Å². The molecule has 2 rings (SSSR count). The van der Waals surface area contributed by atoms with E-state index in [4.69, 9.17) is 10.7 Å². The van der Waals surface area contributed by atoms with Gasteiger partial charge in [0.2, 0.25) is 0 Å². The zero-order valence-electron chi connectivity index (χ0n) is 11.7. The average Bonchev–Trinajstić information content (AvgIpc) is 3.16. The molecule has 0 unspecified atom stereocenters. The summed E-state index contributed by atoms with van der Waals surface area (Å²) in [6.07, 6.45) is 4.39. The fourth-order valence-electron chi connectivity index (χ4n) is 2.18. The summed E-state index contributed by atoms with van der Waals surface area (Å²) in [6, 6.07) is 2.00. The molecule has 1 aromatic rings. The molecule has 1 aliphatic rings. The van der Waals surface area contributed by atoms with Crippen LogP contribution in [-0.2, 0) is 9.05 Å². The molecule has 0 heterocycles. The first-order chi connectivity index (χ1) is 9.79. The summed E-state index contributed by atoms with van der Waals surface area (Å²) in [7, 11) is 1.27. The topological polar surface area (TPSA) is 63.2 Å². The van der Waals surface area contributed by atoms with Gasteiger partial charge in [-0.05, 0) is 43.4 Å². The van der Waals surface area contributed by atoms with Gasteiger partial charge in [0.25, 0.3) is 15.0 Å². The van der Waals surface area contributed by atoms with Crippen LogP contribution in [0.3, 0.4) is 0 Å². The van der Waals surface area contributed by atoms with Gasteiger partial charge < -0.3 is 5.32 Å². The molecule has 1 amide bonds. The van der Waals surface area contributed by atoms with E-state index in [1.165, 1.54) is 19.8 Å². The molecule has 0 aliphatic heterocycles. The molecule has 0 bridgehead atoms. The van der Waals surface area contributed by atoms with Crippen molar-refractivity contribution < 1.29 is 17.6 Å². The zero-order valence-corrected chi connectivity index (χ0v) is 13.2. The highest BCUT2D eigenvalue weighted by molar-refractivity contribution is 8.13.